The van der Waals surface area contributed by atoms with Gasteiger partial charge in [-0.3, -0.25) is 4.79 Å². The predicted octanol–water partition coefficient (Wildman–Crippen LogP) is 7.36. The van der Waals surface area contributed by atoms with Gasteiger partial charge >= 0.3 is 0 Å². The molecule has 5 nitrogen and oxygen atoms in total. The lowest BCUT2D eigenvalue weighted by molar-refractivity contribution is 0.304. The van der Waals surface area contributed by atoms with Gasteiger partial charge in [-0.15, -0.1) is 0 Å². The Bertz CT molecular complexity index is 1030. The molecule has 0 saturated carbocycles. The maximum absolute atomic E-state index is 12.9. The average Bonchev–Trinajstić information content (AvgIpc) is 2.81. The first kappa shape index (κ1) is 27.6. The maximum Gasteiger partial charge on any atom is 0.297 e. The van der Waals surface area contributed by atoms with Crippen LogP contribution >= 0.6 is 0 Å². The van der Waals surface area contributed by atoms with Crippen LogP contribution in [0.4, 0.5) is 0 Å². The molecule has 0 aliphatic rings. The molecule has 34 heavy (non-hydrogen) atoms. The number of aromatic nitrogens is 1. The molecule has 0 aliphatic heterocycles. The van der Waals surface area contributed by atoms with Crippen molar-refractivity contribution >= 4 is 10.9 Å². The number of ether oxygens (including phenoxy) is 3. The molecule has 2 rings (SSSR count). The Labute approximate surface area is 205 Å². The van der Waals surface area contributed by atoms with E-state index in [1.807, 2.05) is 18.2 Å². The summed E-state index contributed by atoms with van der Waals surface area (Å²) in [5.41, 5.74) is 3.14. The molecule has 1 heterocycles. The molecule has 0 unspecified atom stereocenters. The quantitative estimate of drug-likeness (QED) is 0.202. The third-order valence-corrected chi connectivity index (χ3v) is 6.00. The molecule has 1 aromatic carbocycles. The number of hydrogen-bond donors (Lipinski definition) is 0. The first-order valence-electron chi connectivity index (χ1n) is 12.6. The number of pyridine rings is 1. The largest absolute Gasteiger partial charge is 0.494 e. The maximum atomic E-state index is 12.9. The number of hydrogen-bond acceptors (Lipinski definition) is 4. The molecule has 2 aromatic rings. The molecule has 0 amide bonds. The fourth-order valence-corrected chi connectivity index (χ4v) is 3.91. The average molecular weight is 470 g/mol. The van der Waals surface area contributed by atoms with Crippen molar-refractivity contribution in [2.75, 3.05) is 20.3 Å². The number of unbranched alkanes of at least 4 members (excludes halogenated alkanes) is 5. The molecule has 0 bridgehead atoms. The van der Waals surface area contributed by atoms with Gasteiger partial charge in [-0.05, 0) is 58.2 Å². The zero-order chi connectivity index (χ0) is 24.9. The summed E-state index contributed by atoms with van der Waals surface area (Å²) in [5.74, 6) is 1.48. The van der Waals surface area contributed by atoms with E-state index in [0.29, 0.717) is 19.0 Å². The molecule has 0 radical (unpaired) electrons. The van der Waals surface area contributed by atoms with Crippen molar-refractivity contribution in [3.8, 4) is 17.2 Å². The normalized spacial score (nSPS) is 11.5. The van der Waals surface area contributed by atoms with Gasteiger partial charge in [0, 0.05) is 18.5 Å². The summed E-state index contributed by atoms with van der Waals surface area (Å²) >= 11 is 0. The van der Waals surface area contributed by atoms with Gasteiger partial charge in [0.15, 0.2) is 5.75 Å². The molecule has 1 aromatic heterocycles. The zero-order valence-electron chi connectivity index (χ0n) is 22.0. The molecule has 0 aliphatic carbocycles. The van der Waals surface area contributed by atoms with Gasteiger partial charge in [-0.1, -0.05) is 56.3 Å². The van der Waals surface area contributed by atoms with Crippen LogP contribution in [0.1, 0.15) is 79.1 Å². The highest BCUT2D eigenvalue weighted by Gasteiger charge is 2.18. The molecule has 0 spiro atoms. The van der Waals surface area contributed by atoms with Crippen LogP contribution in [-0.2, 0) is 7.05 Å². The third kappa shape index (κ3) is 8.27. The minimum atomic E-state index is -0.220. The number of aryl methyl sites for hydroxylation is 1. The lowest BCUT2D eigenvalue weighted by Gasteiger charge is -2.16. The molecular weight excluding hydrogens is 426 g/mol. The second-order valence-corrected chi connectivity index (χ2v) is 9.20. The van der Waals surface area contributed by atoms with Gasteiger partial charge < -0.3 is 18.8 Å². The predicted molar refractivity (Wildman–Crippen MR) is 143 cm³/mol. The van der Waals surface area contributed by atoms with E-state index in [9.17, 15) is 4.79 Å². The zero-order valence-corrected chi connectivity index (χ0v) is 22.0. The highest BCUT2D eigenvalue weighted by Crippen LogP contribution is 2.34. The topological polar surface area (TPSA) is 49.7 Å². The second-order valence-electron chi connectivity index (χ2n) is 9.20. The standard InChI is InChI=1S/C29H43NO4/c1-7-8-9-10-11-12-19-33-24-16-17-25-26(21-24)30(5)29(31)28(32-6)27(25)34-20-18-23(4)15-13-14-22(2)3/h14,16-18,21H,7-13,15,19-20H2,1-6H3/b23-18+. The number of rotatable bonds is 15. The Morgan fingerprint density at radius 3 is 2.41 bits per heavy atom. The Hall–Kier alpha value is -2.69. The van der Waals surface area contributed by atoms with E-state index in [1.54, 1.807) is 11.6 Å². The van der Waals surface area contributed by atoms with Crippen molar-refractivity contribution in [1.82, 2.24) is 4.57 Å². The summed E-state index contributed by atoms with van der Waals surface area (Å²) in [4.78, 5) is 12.9. The summed E-state index contributed by atoms with van der Waals surface area (Å²) in [7, 11) is 3.26. The Balaban J connectivity index is 2.14. The fourth-order valence-electron chi connectivity index (χ4n) is 3.91. The molecule has 0 N–H and O–H groups in total. The highest BCUT2D eigenvalue weighted by molar-refractivity contribution is 5.89. The van der Waals surface area contributed by atoms with Gasteiger partial charge in [0.05, 0.1) is 19.2 Å². The van der Waals surface area contributed by atoms with Gasteiger partial charge in [0.25, 0.3) is 5.56 Å². The van der Waals surface area contributed by atoms with E-state index in [2.05, 4.69) is 39.8 Å². The van der Waals surface area contributed by atoms with Crippen LogP contribution in [0.2, 0.25) is 0 Å². The van der Waals surface area contributed by atoms with Crippen LogP contribution < -0.4 is 19.8 Å². The van der Waals surface area contributed by atoms with E-state index in [1.165, 1.54) is 50.4 Å². The smallest absolute Gasteiger partial charge is 0.297 e. The lowest BCUT2D eigenvalue weighted by atomic mass is 10.1. The lowest BCUT2D eigenvalue weighted by Crippen LogP contribution is -2.20. The summed E-state index contributed by atoms with van der Waals surface area (Å²) in [6.07, 6.45) is 13.7. The van der Waals surface area contributed by atoms with Crippen LogP contribution in [0.5, 0.6) is 17.2 Å². The van der Waals surface area contributed by atoms with Gasteiger partial charge in [-0.2, -0.15) is 0 Å². The number of nitrogens with zero attached hydrogens (tertiary/aromatic N) is 1. The minimum Gasteiger partial charge on any atom is -0.494 e. The molecular formula is C29H43NO4. The van der Waals surface area contributed by atoms with Crippen molar-refractivity contribution in [1.29, 1.82) is 0 Å². The summed E-state index contributed by atoms with van der Waals surface area (Å²) < 4.78 is 19.1. The monoisotopic (exact) mass is 469 g/mol. The van der Waals surface area contributed by atoms with Crippen LogP contribution in [0.15, 0.2) is 46.3 Å². The summed E-state index contributed by atoms with van der Waals surface area (Å²) in [6.45, 7) is 9.63. The second kappa shape index (κ2) is 14.5. The molecule has 0 fully saturated rings. The highest BCUT2D eigenvalue weighted by atomic mass is 16.5. The van der Waals surface area contributed by atoms with Crippen LogP contribution in [0.3, 0.4) is 0 Å². The van der Waals surface area contributed by atoms with E-state index in [-0.39, 0.29) is 11.3 Å². The summed E-state index contributed by atoms with van der Waals surface area (Å²) in [6, 6.07) is 5.81. The van der Waals surface area contributed by atoms with Gasteiger partial charge in [0.2, 0.25) is 5.75 Å². The Kier molecular flexibility index (Phi) is 11.8. The fraction of sp³-hybridized carbons (Fsp3) is 0.552. The minimum absolute atomic E-state index is 0.220. The van der Waals surface area contributed by atoms with Gasteiger partial charge in [-0.25, -0.2) is 0 Å². The molecule has 188 valence electrons. The van der Waals surface area contributed by atoms with Crippen LogP contribution in [0.25, 0.3) is 10.9 Å². The number of methoxy groups -OCH3 is 1. The van der Waals surface area contributed by atoms with Crippen molar-refractivity contribution in [2.24, 2.45) is 7.05 Å². The van der Waals surface area contributed by atoms with Gasteiger partial charge in [0.1, 0.15) is 12.4 Å². The van der Waals surface area contributed by atoms with E-state index in [0.717, 1.165) is 35.9 Å². The van der Waals surface area contributed by atoms with Crippen molar-refractivity contribution in [3.05, 3.63) is 51.9 Å². The van der Waals surface area contributed by atoms with Crippen LogP contribution in [0, 0.1) is 0 Å². The number of fused-ring (bicyclic) bond motifs is 1. The first-order valence-corrected chi connectivity index (χ1v) is 12.6. The van der Waals surface area contributed by atoms with E-state index in [4.69, 9.17) is 14.2 Å². The number of allylic oxidation sites excluding steroid dienone is 3. The van der Waals surface area contributed by atoms with E-state index >= 15 is 0 Å². The SMILES string of the molecule is CCCCCCCCOc1ccc2c(OC/C=C(\C)CCC=C(C)C)c(OC)c(=O)n(C)c2c1. The Morgan fingerprint density at radius 1 is 0.971 bits per heavy atom. The molecule has 0 atom stereocenters. The molecule has 5 heteroatoms. The third-order valence-electron chi connectivity index (χ3n) is 6.00. The number of benzene rings is 1. The van der Waals surface area contributed by atoms with Crippen LogP contribution in [-0.4, -0.2) is 24.9 Å². The molecule has 0 saturated heterocycles. The Morgan fingerprint density at radius 2 is 1.71 bits per heavy atom. The van der Waals surface area contributed by atoms with Crippen molar-refractivity contribution < 1.29 is 14.2 Å². The summed E-state index contributed by atoms with van der Waals surface area (Å²) in [5, 5.41) is 0.835. The van der Waals surface area contributed by atoms with Crippen molar-refractivity contribution in [3.63, 3.8) is 0 Å². The van der Waals surface area contributed by atoms with Crippen molar-refractivity contribution in [2.45, 2.75) is 79.1 Å². The van der Waals surface area contributed by atoms with E-state index < -0.39 is 0 Å². The first-order chi connectivity index (χ1) is 16.4.